The highest BCUT2D eigenvalue weighted by Crippen LogP contribution is 2.28. The zero-order valence-electron chi connectivity index (χ0n) is 17.9. The van der Waals surface area contributed by atoms with Crippen LogP contribution in [0, 0.1) is 0 Å². The molecule has 0 aliphatic rings. The highest BCUT2D eigenvalue weighted by atomic mass is 35.5. The summed E-state index contributed by atoms with van der Waals surface area (Å²) < 4.78 is 11.3. The third-order valence-corrected chi connectivity index (χ3v) is 3.51. The second kappa shape index (κ2) is 16.5. The standard InChI is InChI=1S/C20H35N3O4.2ClH/c1-5-26-18-13-16(14-22-10-6-9-21-11-12-24)7-8-17(18)27-15-19(25)23-20(2,3)4;;/h7-8,13,21-22,24H,5-6,9-12,14-15H2,1-4H3,(H,23,25);2*1H. The molecule has 4 N–H and O–H groups in total. The average Bonchev–Trinajstić information content (AvgIpc) is 2.59. The van der Waals surface area contributed by atoms with Gasteiger partial charge in [0.05, 0.1) is 13.2 Å². The maximum Gasteiger partial charge on any atom is 0.258 e. The number of benzene rings is 1. The van der Waals surface area contributed by atoms with E-state index in [0.29, 0.717) is 24.7 Å². The molecule has 7 nitrogen and oxygen atoms in total. The third-order valence-electron chi connectivity index (χ3n) is 3.51. The lowest BCUT2D eigenvalue weighted by molar-refractivity contribution is -0.124. The van der Waals surface area contributed by atoms with Crippen LogP contribution in [0.15, 0.2) is 18.2 Å². The van der Waals surface area contributed by atoms with Crippen molar-refractivity contribution in [3.05, 3.63) is 23.8 Å². The fraction of sp³-hybridized carbons (Fsp3) is 0.650. The molecule has 0 fully saturated rings. The molecule has 0 spiro atoms. The fourth-order valence-corrected chi connectivity index (χ4v) is 2.42. The molecule has 0 aromatic heterocycles. The van der Waals surface area contributed by atoms with Crippen molar-refractivity contribution in [3.8, 4) is 11.5 Å². The molecule has 0 aliphatic carbocycles. The predicted molar refractivity (Wildman–Crippen MR) is 122 cm³/mol. The Labute approximate surface area is 187 Å². The lowest BCUT2D eigenvalue weighted by Crippen LogP contribution is -2.43. The Morgan fingerprint density at radius 1 is 1.03 bits per heavy atom. The van der Waals surface area contributed by atoms with E-state index >= 15 is 0 Å². The Kier molecular flexibility index (Phi) is 17.1. The molecule has 0 saturated heterocycles. The minimum Gasteiger partial charge on any atom is -0.490 e. The molecule has 1 rings (SSSR count). The van der Waals surface area contributed by atoms with Crippen LogP contribution in [0.4, 0.5) is 0 Å². The molecular formula is C20H37Cl2N3O4. The molecule has 0 heterocycles. The van der Waals surface area contributed by atoms with Gasteiger partial charge in [-0.15, -0.1) is 24.8 Å². The minimum atomic E-state index is -0.285. The minimum absolute atomic E-state index is 0. The van der Waals surface area contributed by atoms with Crippen molar-refractivity contribution in [1.29, 1.82) is 0 Å². The Bertz CT molecular complexity index is 569. The molecule has 1 amide bonds. The summed E-state index contributed by atoms with van der Waals surface area (Å²) in [6.45, 7) is 11.5. The van der Waals surface area contributed by atoms with Gasteiger partial charge in [0.25, 0.3) is 5.91 Å². The predicted octanol–water partition coefficient (Wildman–Crippen LogP) is 2.28. The molecule has 0 unspecified atom stereocenters. The maximum atomic E-state index is 11.9. The van der Waals surface area contributed by atoms with Crippen LogP contribution in [0.2, 0.25) is 0 Å². The van der Waals surface area contributed by atoms with Gasteiger partial charge in [-0.1, -0.05) is 6.07 Å². The lowest BCUT2D eigenvalue weighted by Gasteiger charge is -2.21. The van der Waals surface area contributed by atoms with Crippen LogP contribution in [-0.2, 0) is 11.3 Å². The maximum absolute atomic E-state index is 11.9. The van der Waals surface area contributed by atoms with Gasteiger partial charge in [-0.3, -0.25) is 4.79 Å². The van der Waals surface area contributed by atoms with Crippen LogP contribution in [0.3, 0.4) is 0 Å². The number of hydrogen-bond acceptors (Lipinski definition) is 6. The summed E-state index contributed by atoms with van der Waals surface area (Å²) in [5.74, 6) is 1.05. The van der Waals surface area contributed by atoms with Gasteiger partial charge in [0.2, 0.25) is 0 Å². The summed E-state index contributed by atoms with van der Waals surface area (Å²) >= 11 is 0. The number of nitrogens with one attached hydrogen (secondary N) is 3. The van der Waals surface area contributed by atoms with Crippen molar-refractivity contribution in [2.24, 2.45) is 0 Å². The normalized spacial score (nSPS) is 10.5. The second-order valence-corrected chi connectivity index (χ2v) is 7.30. The van der Waals surface area contributed by atoms with E-state index in [1.54, 1.807) is 0 Å². The van der Waals surface area contributed by atoms with Crippen molar-refractivity contribution in [1.82, 2.24) is 16.0 Å². The van der Waals surface area contributed by atoms with Crippen LogP contribution >= 0.6 is 24.8 Å². The molecule has 0 atom stereocenters. The van der Waals surface area contributed by atoms with E-state index < -0.39 is 0 Å². The van der Waals surface area contributed by atoms with Gasteiger partial charge in [-0.05, 0) is 64.9 Å². The average molecular weight is 454 g/mol. The quantitative estimate of drug-likeness (QED) is 0.342. The Hall–Kier alpha value is -1.25. The summed E-state index contributed by atoms with van der Waals surface area (Å²) in [7, 11) is 0. The summed E-state index contributed by atoms with van der Waals surface area (Å²) in [6, 6.07) is 5.75. The van der Waals surface area contributed by atoms with Crippen LogP contribution in [0.5, 0.6) is 11.5 Å². The van der Waals surface area contributed by atoms with Gasteiger partial charge >= 0.3 is 0 Å². The summed E-state index contributed by atoms with van der Waals surface area (Å²) in [5, 5.41) is 18.1. The first kappa shape index (κ1) is 29.9. The Morgan fingerprint density at radius 2 is 1.72 bits per heavy atom. The van der Waals surface area contributed by atoms with E-state index in [1.165, 1.54) is 0 Å². The van der Waals surface area contributed by atoms with Crippen LogP contribution in [0.25, 0.3) is 0 Å². The molecule has 1 aromatic carbocycles. The number of ether oxygens (including phenoxy) is 2. The smallest absolute Gasteiger partial charge is 0.258 e. The molecule has 0 aliphatic heterocycles. The lowest BCUT2D eigenvalue weighted by atomic mass is 10.1. The molecule has 29 heavy (non-hydrogen) atoms. The number of amides is 1. The Morgan fingerprint density at radius 3 is 2.34 bits per heavy atom. The zero-order chi connectivity index (χ0) is 20.1. The fourth-order valence-electron chi connectivity index (χ4n) is 2.42. The summed E-state index contributed by atoms with van der Waals surface area (Å²) in [5.41, 5.74) is 0.806. The van der Waals surface area contributed by atoms with Gasteiger partial charge in [0.15, 0.2) is 18.1 Å². The van der Waals surface area contributed by atoms with Gasteiger partial charge in [0, 0.05) is 18.6 Å². The van der Waals surface area contributed by atoms with E-state index in [0.717, 1.165) is 31.6 Å². The number of hydrogen-bond donors (Lipinski definition) is 4. The van der Waals surface area contributed by atoms with Gasteiger partial charge in [-0.25, -0.2) is 0 Å². The number of aliphatic hydroxyl groups is 1. The molecule has 0 radical (unpaired) electrons. The summed E-state index contributed by atoms with van der Waals surface area (Å²) in [4.78, 5) is 11.9. The molecule has 9 heteroatoms. The summed E-state index contributed by atoms with van der Waals surface area (Å²) in [6.07, 6.45) is 0.988. The van der Waals surface area contributed by atoms with E-state index in [9.17, 15) is 4.79 Å². The van der Waals surface area contributed by atoms with E-state index in [2.05, 4.69) is 16.0 Å². The molecule has 0 bridgehead atoms. The number of carbonyl (C=O) groups excluding carboxylic acids is 1. The highest BCUT2D eigenvalue weighted by Gasteiger charge is 2.15. The van der Waals surface area contributed by atoms with E-state index in [1.807, 2.05) is 45.9 Å². The first-order valence-electron chi connectivity index (χ1n) is 9.57. The Balaban J connectivity index is 0. The molecule has 0 saturated carbocycles. The number of aliphatic hydroxyl groups excluding tert-OH is 1. The van der Waals surface area contributed by atoms with Crippen LogP contribution in [-0.4, -0.2) is 56.0 Å². The molecular weight excluding hydrogens is 417 g/mol. The number of rotatable bonds is 13. The van der Waals surface area contributed by atoms with Gasteiger partial charge in [-0.2, -0.15) is 0 Å². The first-order valence-corrected chi connectivity index (χ1v) is 9.57. The number of carbonyl (C=O) groups is 1. The first-order chi connectivity index (χ1) is 12.9. The molecule has 170 valence electrons. The van der Waals surface area contributed by atoms with Crippen molar-refractivity contribution in [2.75, 3.05) is 39.5 Å². The van der Waals surface area contributed by atoms with Crippen molar-refractivity contribution in [2.45, 2.75) is 46.2 Å². The van der Waals surface area contributed by atoms with Crippen LogP contribution in [0.1, 0.15) is 39.7 Å². The highest BCUT2D eigenvalue weighted by molar-refractivity contribution is 5.85. The van der Waals surface area contributed by atoms with Crippen LogP contribution < -0.4 is 25.4 Å². The zero-order valence-corrected chi connectivity index (χ0v) is 19.5. The van der Waals surface area contributed by atoms with E-state index in [4.69, 9.17) is 14.6 Å². The monoisotopic (exact) mass is 453 g/mol. The SMILES string of the molecule is CCOc1cc(CNCCCNCCO)ccc1OCC(=O)NC(C)(C)C.Cl.Cl. The van der Waals surface area contributed by atoms with Crippen molar-refractivity contribution >= 4 is 30.7 Å². The third kappa shape index (κ3) is 14.4. The second-order valence-electron chi connectivity index (χ2n) is 7.30. The van der Waals surface area contributed by atoms with Gasteiger partial charge < -0.3 is 30.5 Å². The van der Waals surface area contributed by atoms with Crippen molar-refractivity contribution in [3.63, 3.8) is 0 Å². The van der Waals surface area contributed by atoms with Gasteiger partial charge in [0.1, 0.15) is 0 Å². The van der Waals surface area contributed by atoms with Crippen molar-refractivity contribution < 1.29 is 19.4 Å². The largest absolute Gasteiger partial charge is 0.490 e. The van der Waals surface area contributed by atoms with E-state index in [-0.39, 0.29) is 49.5 Å². The molecule has 1 aromatic rings. The topological polar surface area (TPSA) is 91.8 Å². The number of halogens is 2.